The zero-order valence-electron chi connectivity index (χ0n) is 17.7. The lowest BCUT2D eigenvalue weighted by Crippen LogP contribution is -2.63. The molecule has 1 aliphatic carbocycles. The number of nitrogens with zero attached hydrogens (tertiary/aromatic N) is 1. The summed E-state index contributed by atoms with van der Waals surface area (Å²) in [5.74, 6) is 1.32. The molecule has 1 aliphatic heterocycles. The summed E-state index contributed by atoms with van der Waals surface area (Å²) in [7, 11) is 0. The van der Waals surface area contributed by atoms with E-state index in [-0.39, 0.29) is 11.8 Å². The maximum Gasteiger partial charge on any atom is 0.131 e. The van der Waals surface area contributed by atoms with Gasteiger partial charge in [0.15, 0.2) is 0 Å². The number of rotatable bonds is 4. The van der Waals surface area contributed by atoms with Crippen LogP contribution in [-0.2, 0) is 11.3 Å². The van der Waals surface area contributed by atoms with Crippen molar-refractivity contribution in [2.24, 2.45) is 11.8 Å². The van der Waals surface area contributed by atoms with E-state index < -0.39 is 0 Å². The summed E-state index contributed by atoms with van der Waals surface area (Å²) in [5.41, 5.74) is 2.60. The second kappa shape index (κ2) is 8.75. The number of ether oxygens (including phenoxy) is 1. The molecule has 2 aromatic carbocycles. The Morgan fingerprint density at radius 2 is 1.79 bits per heavy atom. The highest BCUT2D eigenvalue weighted by Gasteiger charge is 2.49. The number of hydrogen-bond donors (Lipinski definition) is 0. The third-order valence-corrected chi connectivity index (χ3v) is 7.65. The molecule has 0 bridgehead atoms. The van der Waals surface area contributed by atoms with Gasteiger partial charge in [-0.25, -0.2) is 0 Å². The van der Waals surface area contributed by atoms with Crippen LogP contribution in [0, 0.1) is 11.8 Å². The van der Waals surface area contributed by atoms with E-state index in [0.717, 1.165) is 12.5 Å². The summed E-state index contributed by atoms with van der Waals surface area (Å²) in [4.78, 5) is 2.56. The zero-order valence-corrected chi connectivity index (χ0v) is 19.3. The molecular weight excluding hydrogens is 422 g/mol. The van der Waals surface area contributed by atoms with Gasteiger partial charge in [0, 0.05) is 22.5 Å². The van der Waals surface area contributed by atoms with Crippen molar-refractivity contribution in [1.82, 2.24) is 4.90 Å². The first-order chi connectivity index (χ1) is 13.9. The van der Waals surface area contributed by atoms with Crippen molar-refractivity contribution < 1.29 is 4.74 Å². The Bertz CT molecular complexity index is 847. The molecule has 2 aromatic rings. The van der Waals surface area contributed by atoms with Crippen LogP contribution in [0.4, 0.5) is 0 Å². The second-order valence-electron chi connectivity index (χ2n) is 9.23. The monoisotopic (exact) mass is 453 g/mol. The molecule has 1 heterocycles. The minimum Gasteiger partial charge on any atom is -0.356 e. The van der Waals surface area contributed by atoms with Crippen LogP contribution in [0.5, 0.6) is 0 Å². The highest BCUT2D eigenvalue weighted by molar-refractivity contribution is 9.10. The molecule has 0 spiro atoms. The summed E-state index contributed by atoms with van der Waals surface area (Å²) in [6.07, 6.45) is 8.51. The van der Waals surface area contributed by atoms with Gasteiger partial charge in [-0.2, -0.15) is 0 Å². The van der Waals surface area contributed by atoms with E-state index in [1.54, 1.807) is 0 Å². The highest BCUT2D eigenvalue weighted by atomic mass is 79.9. The molecule has 29 heavy (non-hydrogen) atoms. The predicted octanol–water partition coefficient (Wildman–Crippen LogP) is 6.90. The molecule has 0 unspecified atom stereocenters. The van der Waals surface area contributed by atoms with Crippen LogP contribution in [-0.4, -0.2) is 22.8 Å². The van der Waals surface area contributed by atoms with E-state index >= 15 is 0 Å². The standard InChI is InChI=1S/C26H32BrNO/c1-19-13-15-22-24(17-19)29-25(16-14-20-9-5-4-6-10-20)28(26(22,2)3)18-21-11-7-8-12-23(21)27/h4-12,14,16,19,22,24-25H,13,15,17-18H2,1-3H3/b16-14+/t19-,22-,24-,25+/m1/s1. The van der Waals surface area contributed by atoms with E-state index in [1.165, 1.54) is 34.9 Å². The van der Waals surface area contributed by atoms with Crippen LogP contribution in [0.3, 0.4) is 0 Å². The van der Waals surface area contributed by atoms with Gasteiger partial charge in [-0.15, -0.1) is 0 Å². The van der Waals surface area contributed by atoms with Crippen molar-refractivity contribution in [3.05, 3.63) is 76.3 Å². The molecule has 4 rings (SSSR count). The Hall–Kier alpha value is -1.42. The quantitative estimate of drug-likeness (QED) is 0.498. The van der Waals surface area contributed by atoms with Gasteiger partial charge in [-0.3, -0.25) is 4.90 Å². The van der Waals surface area contributed by atoms with Gasteiger partial charge >= 0.3 is 0 Å². The van der Waals surface area contributed by atoms with Crippen LogP contribution in [0.1, 0.15) is 51.2 Å². The van der Waals surface area contributed by atoms with Crippen LogP contribution >= 0.6 is 15.9 Å². The van der Waals surface area contributed by atoms with E-state index in [9.17, 15) is 0 Å². The summed E-state index contributed by atoms with van der Waals surface area (Å²) in [6, 6.07) is 19.1. The molecule has 0 N–H and O–H groups in total. The molecule has 0 aromatic heterocycles. The Kier molecular flexibility index (Phi) is 6.29. The SMILES string of the molecule is C[C@@H]1CC[C@@H]2[C@@H](C1)O[C@@H](/C=C/c1ccccc1)N(Cc1ccccc1Br)C2(C)C. The third-order valence-electron chi connectivity index (χ3n) is 6.87. The van der Waals surface area contributed by atoms with Gasteiger partial charge in [0.1, 0.15) is 6.23 Å². The molecule has 2 fully saturated rings. The lowest BCUT2D eigenvalue weighted by atomic mass is 9.69. The molecule has 154 valence electrons. The Labute approximate surface area is 184 Å². The van der Waals surface area contributed by atoms with Crippen LogP contribution in [0.15, 0.2) is 65.1 Å². The molecule has 4 atom stereocenters. The Morgan fingerprint density at radius 1 is 1.07 bits per heavy atom. The number of halogens is 1. The molecule has 0 amide bonds. The molecule has 3 heteroatoms. The Morgan fingerprint density at radius 3 is 2.55 bits per heavy atom. The van der Waals surface area contributed by atoms with Crippen molar-refractivity contribution in [1.29, 1.82) is 0 Å². The van der Waals surface area contributed by atoms with E-state index in [0.29, 0.717) is 12.0 Å². The summed E-state index contributed by atoms with van der Waals surface area (Å²) in [5, 5.41) is 0. The fourth-order valence-electron chi connectivity index (χ4n) is 5.09. The normalized spacial score (nSPS) is 29.7. The fourth-order valence-corrected chi connectivity index (χ4v) is 5.50. The first kappa shape index (κ1) is 20.8. The van der Waals surface area contributed by atoms with E-state index in [4.69, 9.17) is 4.74 Å². The van der Waals surface area contributed by atoms with Crippen LogP contribution in [0.25, 0.3) is 6.08 Å². The predicted molar refractivity (Wildman–Crippen MR) is 124 cm³/mol. The average Bonchev–Trinajstić information content (AvgIpc) is 2.70. The lowest BCUT2D eigenvalue weighted by Gasteiger charge is -2.57. The maximum atomic E-state index is 6.77. The topological polar surface area (TPSA) is 12.5 Å². The van der Waals surface area contributed by atoms with Crippen molar-refractivity contribution in [2.45, 2.75) is 64.4 Å². The van der Waals surface area contributed by atoms with E-state index in [1.807, 2.05) is 0 Å². The zero-order chi connectivity index (χ0) is 20.4. The van der Waals surface area contributed by atoms with E-state index in [2.05, 4.69) is 108 Å². The first-order valence-corrected chi connectivity index (χ1v) is 11.6. The average molecular weight is 454 g/mol. The molecule has 2 aliphatic rings. The lowest BCUT2D eigenvalue weighted by molar-refractivity contribution is -0.218. The summed E-state index contributed by atoms with van der Waals surface area (Å²) >= 11 is 3.75. The fraction of sp³-hybridized carbons (Fsp3) is 0.462. The molecule has 2 nitrogen and oxygen atoms in total. The highest BCUT2D eigenvalue weighted by Crippen LogP contribution is 2.46. The smallest absolute Gasteiger partial charge is 0.131 e. The minimum absolute atomic E-state index is 0.0242. The van der Waals surface area contributed by atoms with Gasteiger partial charge in [0.25, 0.3) is 0 Å². The van der Waals surface area contributed by atoms with Gasteiger partial charge in [-0.05, 0) is 55.9 Å². The van der Waals surface area contributed by atoms with Gasteiger partial charge in [0.05, 0.1) is 6.10 Å². The van der Waals surface area contributed by atoms with Crippen molar-refractivity contribution in [2.75, 3.05) is 0 Å². The molecule has 1 saturated carbocycles. The number of fused-ring (bicyclic) bond motifs is 1. The number of hydrogen-bond acceptors (Lipinski definition) is 2. The minimum atomic E-state index is -0.0242. The van der Waals surface area contributed by atoms with Gasteiger partial charge in [0.2, 0.25) is 0 Å². The van der Waals surface area contributed by atoms with Crippen molar-refractivity contribution >= 4 is 22.0 Å². The second-order valence-corrected chi connectivity index (χ2v) is 10.1. The van der Waals surface area contributed by atoms with Crippen molar-refractivity contribution in [3.8, 4) is 0 Å². The molecule has 0 radical (unpaired) electrons. The first-order valence-electron chi connectivity index (χ1n) is 10.8. The molecule has 1 saturated heterocycles. The van der Waals surface area contributed by atoms with Crippen LogP contribution < -0.4 is 0 Å². The summed E-state index contributed by atoms with van der Waals surface area (Å²) in [6.45, 7) is 8.08. The Balaban J connectivity index is 1.66. The van der Waals surface area contributed by atoms with Crippen LogP contribution in [0.2, 0.25) is 0 Å². The van der Waals surface area contributed by atoms with Gasteiger partial charge in [-0.1, -0.05) is 83.9 Å². The summed E-state index contributed by atoms with van der Waals surface area (Å²) < 4.78 is 7.93. The third kappa shape index (κ3) is 4.52. The van der Waals surface area contributed by atoms with Crippen molar-refractivity contribution in [3.63, 3.8) is 0 Å². The van der Waals surface area contributed by atoms with Gasteiger partial charge < -0.3 is 4.74 Å². The number of benzene rings is 2. The largest absolute Gasteiger partial charge is 0.356 e. The molecular formula is C26H32BrNO. The maximum absolute atomic E-state index is 6.77.